The van der Waals surface area contributed by atoms with Crippen LogP contribution in [0.3, 0.4) is 0 Å². The highest BCUT2D eigenvalue weighted by atomic mass is 19.1. The molecule has 1 aliphatic rings. The number of piperazine rings is 1. The average molecular weight is 223 g/mol. The molecule has 1 aromatic rings. The van der Waals surface area contributed by atoms with Crippen molar-refractivity contribution in [3.8, 4) is 0 Å². The molecule has 2 N–H and O–H groups in total. The molecular formula is C12H18FN3. The summed E-state index contributed by atoms with van der Waals surface area (Å²) in [4.78, 5) is 2.36. The summed E-state index contributed by atoms with van der Waals surface area (Å²) in [5, 5.41) is 6.61. The van der Waals surface area contributed by atoms with Crippen molar-refractivity contribution in [3.05, 3.63) is 35.6 Å². The molecule has 1 aliphatic heterocycles. The molecule has 0 spiro atoms. The van der Waals surface area contributed by atoms with Crippen LogP contribution in [0.4, 0.5) is 4.39 Å². The van der Waals surface area contributed by atoms with E-state index in [1.54, 1.807) is 0 Å². The van der Waals surface area contributed by atoms with Gasteiger partial charge in [-0.3, -0.25) is 4.90 Å². The summed E-state index contributed by atoms with van der Waals surface area (Å²) in [6, 6.07) is 6.72. The largest absolute Gasteiger partial charge is 0.314 e. The Labute approximate surface area is 95.6 Å². The second kappa shape index (κ2) is 5.39. The third-order valence-electron chi connectivity index (χ3n) is 2.98. The van der Waals surface area contributed by atoms with E-state index < -0.39 is 0 Å². The van der Waals surface area contributed by atoms with Crippen LogP contribution >= 0.6 is 0 Å². The number of nitrogens with one attached hydrogen (secondary N) is 2. The van der Waals surface area contributed by atoms with Gasteiger partial charge in [-0.1, -0.05) is 12.1 Å². The molecule has 1 fully saturated rings. The van der Waals surface area contributed by atoms with E-state index in [-0.39, 0.29) is 12.0 Å². The molecule has 1 atom stereocenters. The molecule has 4 heteroatoms. The third-order valence-corrected chi connectivity index (χ3v) is 2.98. The van der Waals surface area contributed by atoms with E-state index in [1.165, 1.54) is 12.1 Å². The van der Waals surface area contributed by atoms with Crippen LogP contribution in [0.5, 0.6) is 0 Å². The zero-order chi connectivity index (χ0) is 11.4. The molecule has 1 heterocycles. The summed E-state index contributed by atoms with van der Waals surface area (Å²) >= 11 is 0. The van der Waals surface area contributed by atoms with Gasteiger partial charge in [0.1, 0.15) is 5.82 Å². The molecule has 3 nitrogen and oxygen atoms in total. The lowest BCUT2D eigenvalue weighted by Crippen LogP contribution is -2.48. The number of hydrogen-bond donors (Lipinski definition) is 2. The normalized spacial score (nSPS) is 19.6. The third kappa shape index (κ3) is 2.58. The summed E-state index contributed by atoms with van der Waals surface area (Å²) in [7, 11) is 1.94. The standard InChI is InChI=1S/C12H18FN3/c1-14-12(16-8-6-15-7-9-16)10-2-4-11(13)5-3-10/h2-5,12,14-15H,6-9H2,1H3. The SMILES string of the molecule is CNC(c1ccc(F)cc1)N1CCNCC1. The summed E-state index contributed by atoms with van der Waals surface area (Å²) < 4.78 is 12.9. The molecule has 1 unspecified atom stereocenters. The smallest absolute Gasteiger partial charge is 0.123 e. The number of rotatable bonds is 3. The Morgan fingerprint density at radius 1 is 1.25 bits per heavy atom. The predicted molar refractivity (Wildman–Crippen MR) is 62.6 cm³/mol. The molecule has 0 saturated carbocycles. The summed E-state index contributed by atoms with van der Waals surface area (Å²) in [6.07, 6.45) is 0.183. The van der Waals surface area contributed by atoms with Crippen LogP contribution in [0.25, 0.3) is 0 Å². The maximum Gasteiger partial charge on any atom is 0.123 e. The minimum absolute atomic E-state index is 0.182. The molecule has 0 amide bonds. The Kier molecular flexibility index (Phi) is 3.88. The number of hydrogen-bond acceptors (Lipinski definition) is 3. The molecule has 0 radical (unpaired) electrons. The molecule has 0 bridgehead atoms. The summed E-state index contributed by atoms with van der Waals surface area (Å²) in [5.41, 5.74) is 1.12. The van der Waals surface area contributed by atoms with Gasteiger partial charge in [-0.2, -0.15) is 0 Å². The monoisotopic (exact) mass is 223 g/mol. The highest BCUT2D eigenvalue weighted by molar-refractivity contribution is 5.19. The first-order valence-corrected chi connectivity index (χ1v) is 5.69. The first-order valence-electron chi connectivity index (χ1n) is 5.69. The second-order valence-electron chi connectivity index (χ2n) is 4.03. The lowest BCUT2D eigenvalue weighted by molar-refractivity contribution is 0.153. The van der Waals surface area contributed by atoms with E-state index >= 15 is 0 Å². The van der Waals surface area contributed by atoms with Crippen molar-refractivity contribution >= 4 is 0 Å². The molecular weight excluding hydrogens is 205 g/mol. The predicted octanol–water partition coefficient (Wildman–Crippen LogP) is 0.949. The van der Waals surface area contributed by atoms with Crippen molar-refractivity contribution in [2.75, 3.05) is 33.2 Å². The Balaban J connectivity index is 2.11. The lowest BCUT2D eigenvalue weighted by Gasteiger charge is -2.34. The van der Waals surface area contributed by atoms with Gasteiger partial charge in [0.05, 0.1) is 6.17 Å². The molecule has 0 aromatic heterocycles. The lowest BCUT2D eigenvalue weighted by atomic mass is 10.1. The Hall–Kier alpha value is -0.970. The van der Waals surface area contributed by atoms with Gasteiger partial charge in [0.25, 0.3) is 0 Å². The molecule has 88 valence electrons. The zero-order valence-electron chi connectivity index (χ0n) is 9.54. The Morgan fingerprint density at radius 3 is 2.44 bits per heavy atom. The van der Waals surface area contributed by atoms with Crippen LogP contribution < -0.4 is 10.6 Å². The second-order valence-corrected chi connectivity index (χ2v) is 4.03. The number of benzene rings is 1. The van der Waals surface area contributed by atoms with Crippen LogP contribution in [-0.4, -0.2) is 38.1 Å². The van der Waals surface area contributed by atoms with Crippen LogP contribution in [-0.2, 0) is 0 Å². The first-order chi connectivity index (χ1) is 7.81. The van der Waals surface area contributed by atoms with E-state index in [0.717, 1.165) is 31.7 Å². The quantitative estimate of drug-likeness (QED) is 0.799. The molecule has 2 rings (SSSR count). The van der Waals surface area contributed by atoms with Gasteiger partial charge in [-0.15, -0.1) is 0 Å². The van der Waals surface area contributed by atoms with Gasteiger partial charge in [-0.05, 0) is 24.7 Å². The van der Waals surface area contributed by atoms with E-state index in [0.29, 0.717) is 0 Å². The van der Waals surface area contributed by atoms with Crippen molar-refractivity contribution in [1.29, 1.82) is 0 Å². The fraction of sp³-hybridized carbons (Fsp3) is 0.500. The van der Waals surface area contributed by atoms with Crippen LogP contribution in [0.1, 0.15) is 11.7 Å². The molecule has 1 saturated heterocycles. The maximum absolute atomic E-state index is 12.9. The van der Waals surface area contributed by atoms with Crippen molar-refractivity contribution in [2.24, 2.45) is 0 Å². The van der Waals surface area contributed by atoms with Crippen LogP contribution in [0.2, 0.25) is 0 Å². The summed E-state index contributed by atoms with van der Waals surface area (Å²) in [6.45, 7) is 4.06. The van der Waals surface area contributed by atoms with Crippen molar-refractivity contribution in [1.82, 2.24) is 15.5 Å². The van der Waals surface area contributed by atoms with Crippen molar-refractivity contribution < 1.29 is 4.39 Å². The first kappa shape index (κ1) is 11.5. The number of halogens is 1. The molecule has 1 aromatic carbocycles. The van der Waals surface area contributed by atoms with Crippen LogP contribution in [0.15, 0.2) is 24.3 Å². The fourth-order valence-corrected chi connectivity index (χ4v) is 2.15. The van der Waals surface area contributed by atoms with Gasteiger partial charge < -0.3 is 10.6 Å². The minimum atomic E-state index is -0.182. The van der Waals surface area contributed by atoms with Gasteiger partial charge in [0.15, 0.2) is 0 Å². The Bertz CT molecular complexity index is 320. The zero-order valence-corrected chi connectivity index (χ0v) is 9.54. The topological polar surface area (TPSA) is 27.3 Å². The van der Waals surface area contributed by atoms with Crippen molar-refractivity contribution in [3.63, 3.8) is 0 Å². The van der Waals surface area contributed by atoms with Crippen molar-refractivity contribution in [2.45, 2.75) is 6.17 Å². The van der Waals surface area contributed by atoms with Crippen LogP contribution in [0, 0.1) is 5.82 Å². The Morgan fingerprint density at radius 2 is 1.88 bits per heavy atom. The molecule has 0 aliphatic carbocycles. The average Bonchev–Trinajstić information content (AvgIpc) is 2.34. The highest BCUT2D eigenvalue weighted by Gasteiger charge is 2.20. The van der Waals surface area contributed by atoms with E-state index in [4.69, 9.17) is 0 Å². The van der Waals surface area contributed by atoms with E-state index in [1.807, 2.05) is 19.2 Å². The van der Waals surface area contributed by atoms with Gasteiger partial charge in [-0.25, -0.2) is 4.39 Å². The van der Waals surface area contributed by atoms with E-state index in [9.17, 15) is 4.39 Å². The van der Waals surface area contributed by atoms with E-state index in [2.05, 4.69) is 15.5 Å². The van der Waals surface area contributed by atoms with Gasteiger partial charge in [0.2, 0.25) is 0 Å². The highest BCUT2D eigenvalue weighted by Crippen LogP contribution is 2.18. The van der Waals surface area contributed by atoms with Gasteiger partial charge in [0, 0.05) is 26.2 Å². The van der Waals surface area contributed by atoms with Gasteiger partial charge >= 0.3 is 0 Å². The minimum Gasteiger partial charge on any atom is -0.314 e. The maximum atomic E-state index is 12.9. The fourth-order valence-electron chi connectivity index (χ4n) is 2.15. The molecule has 16 heavy (non-hydrogen) atoms. The number of nitrogens with zero attached hydrogens (tertiary/aromatic N) is 1. The summed E-state index contributed by atoms with van der Waals surface area (Å²) in [5.74, 6) is -0.182.